The highest BCUT2D eigenvalue weighted by molar-refractivity contribution is 6.17. The van der Waals surface area contributed by atoms with Gasteiger partial charge in [0, 0.05) is 18.5 Å². The first-order valence-electron chi connectivity index (χ1n) is 5.76. The number of alkyl halides is 1. The van der Waals surface area contributed by atoms with Crippen LogP contribution in [0.25, 0.3) is 0 Å². The van der Waals surface area contributed by atoms with Gasteiger partial charge in [-0.3, -0.25) is 0 Å². The summed E-state index contributed by atoms with van der Waals surface area (Å²) in [6.45, 7) is 2.33. The van der Waals surface area contributed by atoms with E-state index in [2.05, 4.69) is 23.4 Å². The highest BCUT2D eigenvalue weighted by Crippen LogP contribution is 2.31. The van der Waals surface area contributed by atoms with Gasteiger partial charge >= 0.3 is 0 Å². The molecule has 1 heterocycles. The first kappa shape index (κ1) is 10.9. The molecule has 0 amide bonds. The smallest absolute Gasteiger partial charge is 0.0839 e. The van der Waals surface area contributed by atoms with Gasteiger partial charge in [-0.2, -0.15) is 0 Å². The topological polar surface area (TPSA) is 30.7 Å². The molecule has 2 rings (SSSR count). The molecule has 0 radical (unpaired) electrons. The molecule has 0 aliphatic heterocycles. The van der Waals surface area contributed by atoms with E-state index in [1.165, 1.54) is 25.7 Å². The van der Waals surface area contributed by atoms with Gasteiger partial charge in [0.05, 0.1) is 11.7 Å². The second-order valence-electron chi connectivity index (χ2n) is 4.54. The van der Waals surface area contributed by atoms with Gasteiger partial charge in [-0.15, -0.1) is 16.7 Å². The van der Waals surface area contributed by atoms with E-state index < -0.39 is 0 Å². The van der Waals surface area contributed by atoms with E-state index in [0.29, 0.717) is 11.9 Å². The Kier molecular flexibility index (Phi) is 3.62. The van der Waals surface area contributed by atoms with E-state index in [0.717, 1.165) is 18.0 Å². The summed E-state index contributed by atoms with van der Waals surface area (Å²) in [4.78, 5) is 0. The zero-order valence-corrected chi connectivity index (χ0v) is 9.95. The third-order valence-corrected chi connectivity index (χ3v) is 3.46. The minimum atomic E-state index is 0.567. The van der Waals surface area contributed by atoms with Crippen LogP contribution in [-0.2, 0) is 6.42 Å². The van der Waals surface area contributed by atoms with Gasteiger partial charge in [-0.25, -0.2) is 4.68 Å². The molecular formula is C11H18ClN3. The Morgan fingerprint density at radius 1 is 1.40 bits per heavy atom. The minimum Gasteiger partial charge on any atom is -0.249 e. The molecule has 0 N–H and O–H groups in total. The van der Waals surface area contributed by atoms with Gasteiger partial charge in [0.15, 0.2) is 0 Å². The molecule has 0 saturated heterocycles. The number of aromatic nitrogens is 3. The van der Waals surface area contributed by atoms with Crippen molar-refractivity contribution in [2.24, 2.45) is 5.92 Å². The number of hydrogen-bond donors (Lipinski definition) is 0. The number of halogens is 1. The molecule has 0 unspecified atom stereocenters. The van der Waals surface area contributed by atoms with E-state index >= 15 is 0 Å². The second-order valence-corrected chi connectivity index (χ2v) is 4.92. The van der Waals surface area contributed by atoms with Gasteiger partial charge in [0.25, 0.3) is 0 Å². The largest absolute Gasteiger partial charge is 0.249 e. The van der Waals surface area contributed by atoms with Gasteiger partial charge < -0.3 is 0 Å². The van der Waals surface area contributed by atoms with Crippen molar-refractivity contribution in [1.29, 1.82) is 0 Å². The third kappa shape index (κ3) is 2.71. The van der Waals surface area contributed by atoms with Crippen molar-refractivity contribution in [2.45, 2.75) is 45.1 Å². The van der Waals surface area contributed by atoms with Crippen LogP contribution in [0.2, 0.25) is 0 Å². The predicted molar refractivity (Wildman–Crippen MR) is 61.1 cm³/mol. The van der Waals surface area contributed by atoms with E-state index in [9.17, 15) is 0 Å². The molecule has 1 aromatic rings. The second kappa shape index (κ2) is 4.97. The van der Waals surface area contributed by atoms with E-state index in [-0.39, 0.29) is 0 Å². The Hall–Kier alpha value is -0.570. The van der Waals surface area contributed by atoms with Gasteiger partial charge in [0.1, 0.15) is 0 Å². The third-order valence-electron chi connectivity index (χ3n) is 3.27. The molecule has 1 aromatic heterocycles. The molecule has 0 aromatic carbocycles. The highest BCUT2D eigenvalue weighted by atomic mass is 35.5. The fourth-order valence-electron chi connectivity index (χ4n) is 2.21. The van der Waals surface area contributed by atoms with Crippen molar-refractivity contribution in [3.05, 3.63) is 11.9 Å². The Bertz CT molecular complexity index is 303. The predicted octanol–water partition coefficient (Wildman–Crippen LogP) is 2.81. The molecule has 84 valence electrons. The summed E-state index contributed by atoms with van der Waals surface area (Å²) in [5.41, 5.74) is 1.02. The lowest BCUT2D eigenvalue weighted by Gasteiger charge is -2.25. The summed E-state index contributed by atoms with van der Waals surface area (Å²) in [7, 11) is 0. The maximum absolute atomic E-state index is 5.67. The average molecular weight is 228 g/mol. The standard InChI is InChI=1S/C11H18ClN3/c1-9-2-4-11(5-3-9)15-8-10(6-7-12)13-14-15/h8-9,11H,2-7H2,1H3. The Morgan fingerprint density at radius 3 is 2.80 bits per heavy atom. The molecule has 1 fully saturated rings. The van der Waals surface area contributed by atoms with Crippen molar-refractivity contribution in [2.75, 3.05) is 5.88 Å². The lowest BCUT2D eigenvalue weighted by atomic mass is 9.87. The van der Waals surface area contributed by atoms with Crippen LogP contribution in [0.15, 0.2) is 6.20 Å². The lowest BCUT2D eigenvalue weighted by Crippen LogP contribution is -2.17. The lowest BCUT2D eigenvalue weighted by molar-refractivity contribution is 0.270. The molecule has 1 saturated carbocycles. The van der Waals surface area contributed by atoms with Crippen LogP contribution in [0.1, 0.15) is 44.3 Å². The van der Waals surface area contributed by atoms with Gasteiger partial charge in [-0.05, 0) is 31.6 Å². The van der Waals surface area contributed by atoms with Crippen LogP contribution in [0.4, 0.5) is 0 Å². The first-order valence-corrected chi connectivity index (χ1v) is 6.29. The van der Waals surface area contributed by atoms with Crippen LogP contribution in [0.3, 0.4) is 0 Å². The molecule has 1 aliphatic carbocycles. The molecule has 0 spiro atoms. The normalized spacial score (nSPS) is 26.8. The first-order chi connectivity index (χ1) is 7.29. The molecule has 0 atom stereocenters. The fraction of sp³-hybridized carbons (Fsp3) is 0.818. The SMILES string of the molecule is CC1CCC(n2cc(CCCl)nn2)CC1. The van der Waals surface area contributed by atoms with E-state index in [1.54, 1.807) is 0 Å². The maximum Gasteiger partial charge on any atom is 0.0839 e. The molecule has 4 heteroatoms. The summed E-state index contributed by atoms with van der Waals surface area (Å²) >= 11 is 5.67. The van der Waals surface area contributed by atoms with Crippen molar-refractivity contribution in [1.82, 2.24) is 15.0 Å². The molecule has 0 bridgehead atoms. The monoisotopic (exact) mass is 227 g/mol. The molecule has 1 aliphatic rings. The zero-order valence-electron chi connectivity index (χ0n) is 9.19. The molecule has 15 heavy (non-hydrogen) atoms. The van der Waals surface area contributed by atoms with E-state index in [1.807, 2.05) is 4.68 Å². The molecule has 3 nitrogen and oxygen atoms in total. The quantitative estimate of drug-likeness (QED) is 0.744. The van der Waals surface area contributed by atoms with Crippen molar-refractivity contribution in [3.63, 3.8) is 0 Å². The van der Waals surface area contributed by atoms with Crippen molar-refractivity contribution in [3.8, 4) is 0 Å². The van der Waals surface area contributed by atoms with Crippen LogP contribution in [0.5, 0.6) is 0 Å². The number of nitrogens with zero attached hydrogens (tertiary/aromatic N) is 3. The van der Waals surface area contributed by atoms with Crippen LogP contribution < -0.4 is 0 Å². The average Bonchev–Trinajstić information content (AvgIpc) is 2.68. The Morgan fingerprint density at radius 2 is 2.13 bits per heavy atom. The zero-order chi connectivity index (χ0) is 10.7. The van der Waals surface area contributed by atoms with Crippen molar-refractivity contribution < 1.29 is 0 Å². The van der Waals surface area contributed by atoms with Crippen molar-refractivity contribution >= 4 is 11.6 Å². The highest BCUT2D eigenvalue weighted by Gasteiger charge is 2.20. The fourth-order valence-corrected chi connectivity index (χ4v) is 2.40. The van der Waals surface area contributed by atoms with Crippen LogP contribution in [-0.4, -0.2) is 20.9 Å². The number of hydrogen-bond acceptors (Lipinski definition) is 2. The molecular weight excluding hydrogens is 210 g/mol. The number of aryl methyl sites for hydroxylation is 1. The minimum absolute atomic E-state index is 0.567. The maximum atomic E-state index is 5.67. The summed E-state index contributed by atoms with van der Waals surface area (Å²) in [6.07, 6.45) is 7.99. The Balaban J connectivity index is 1.96. The summed E-state index contributed by atoms with van der Waals surface area (Å²) < 4.78 is 2.04. The summed E-state index contributed by atoms with van der Waals surface area (Å²) in [5, 5.41) is 8.32. The van der Waals surface area contributed by atoms with E-state index in [4.69, 9.17) is 11.6 Å². The summed E-state index contributed by atoms with van der Waals surface area (Å²) in [5.74, 6) is 1.51. The van der Waals surface area contributed by atoms with Gasteiger partial charge in [-0.1, -0.05) is 12.1 Å². The van der Waals surface area contributed by atoms with Crippen LogP contribution in [0, 0.1) is 5.92 Å². The summed E-state index contributed by atoms with van der Waals surface area (Å²) in [6, 6.07) is 0.567. The number of rotatable bonds is 3. The van der Waals surface area contributed by atoms with Gasteiger partial charge in [0.2, 0.25) is 0 Å². The Labute approximate surface area is 95.8 Å². The van der Waals surface area contributed by atoms with Crippen LogP contribution >= 0.6 is 11.6 Å².